The number of para-hydroxylation sites is 5. The second kappa shape index (κ2) is 47.3. The molecule has 0 unspecified atom stereocenters. The largest absolute Gasteiger partial charge is 0.489 e. The van der Waals surface area contributed by atoms with Crippen LogP contribution in [0.5, 0.6) is 34.5 Å². The topological polar surface area (TPSA) is 287 Å². The summed E-state index contributed by atoms with van der Waals surface area (Å²) in [5.41, 5.74) is 6.08. The number of carbonyl (C=O) groups excluding carboxylic acids is 3. The van der Waals surface area contributed by atoms with Gasteiger partial charge in [-0.1, -0.05) is 83.3 Å². The van der Waals surface area contributed by atoms with Crippen LogP contribution < -0.4 is 50.0 Å². The highest BCUT2D eigenvalue weighted by Crippen LogP contribution is 2.33. The quantitative estimate of drug-likeness (QED) is 0.0361. The number of nitrogens with zero attached hydrogens (tertiary/aromatic N) is 14. The molecule has 2 N–H and O–H groups in total. The van der Waals surface area contributed by atoms with Gasteiger partial charge in [0.05, 0.1) is 108 Å². The molecule has 9 aromatic carbocycles. The van der Waals surface area contributed by atoms with Crippen molar-refractivity contribution in [1.29, 1.82) is 0 Å². The minimum atomic E-state index is -0.228. The number of aryl methyl sites for hydroxylation is 1. The summed E-state index contributed by atoms with van der Waals surface area (Å²) in [6.07, 6.45) is 2.33. The van der Waals surface area contributed by atoms with E-state index >= 15 is 0 Å². The Hall–Kier alpha value is -12.0. The molecule has 3 aromatic heterocycles. The average Bonchev–Trinajstić information content (AvgIpc) is 0.767. The first-order valence-electron chi connectivity index (χ1n) is 45.7. The normalized spacial score (nSPS) is 14.7. The van der Waals surface area contributed by atoms with E-state index in [4.69, 9.17) is 88.0 Å². The van der Waals surface area contributed by atoms with Crippen LogP contribution in [0.1, 0.15) is 83.0 Å². The van der Waals surface area contributed by atoms with Crippen LogP contribution in [0.3, 0.4) is 0 Å². The van der Waals surface area contributed by atoms with Crippen molar-refractivity contribution in [1.82, 2.24) is 63.0 Å². The van der Waals surface area contributed by atoms with Crippen LogP contribution in [0.25, 0.3) is 49.8 Å². The number of piperazine rings is 4. The van der Waals surface area contributed by atoms with Gasteiger partial charge in [-0.15, -0.1) is 0 Å². The van der Waals surface area contributed by atoms with Gasteiger partial charge in [-0.3, -0.25) is 57.2 Å². The van der Waals surface area contributed by atoms with Crippen molar-refractivity contribution < 1.29 is 57.8 Å². The van der Waals surface area contributed by atoms with E-state index in [-0.39, 0.29) is 85.7 Å². The number of halogens is 3. The molecule has 3 amide bonds. The maximum Gasteiger partial charge on any atom is 0.266 e. The highest BCUT2D eigenvalue weighted by Gasteiger charge is 2.31. The number of fused-ring (bicyclic) bond motifs is 3. The zero-order valence-electron chi connectivity index (χ0n) is 76.9. The van der Waals surface area contributed by atoms with E-state index in [9.17, 15) is 33.9 Å². The summed E-state index contributed by atoms with van der Waals surface area (Å²) in [5, 5.41) is 22.0. The molecule has 0 atom stereocenters. The van der Waals surface area contributed by atoms with Crippen LogP contribution in [0.2, 0.25) is 15.1 Å². The number of hydrogen-bond acceptors (Lipinski definition) is 23. The third-order valence-electron chi connectivity index (χ3n) is 23.4. The first-order chi connectivity index (χ1) is 64.9. The van der Waals surface area contributed by atoms with E-state index in [1.54, 1.807) is 121 Å². The Labute approximate surface area is 795 Å². The van der Waals surface area contributed by atoms with Gasteiger partial charge in [-0.05, 0) is 231 Å². The second-order valence-corrected chi connectivity index (χ2v) is 35.6. The molecular formula is C102H117Cl3N14O15. The van der Waals surface area contributed by atoms with E-state index in [1.807, 2.05) is 144 Å². The fourth-order valence-corrected chi connectivity index (χ4v) is 16.8. The van der Waals surface area contributed by atoms with Crippen molar-refractivity contribution in [2.45, 2.75) is 105 Å². The zero-order chi connectivity index (χ0) is 94.3. The lowest BCUT2D eigenvalue weighted by Gasteiger charge is -2.35. The second-order valence-electron chi connectivity index (χ2n) is 34.3. The Bertz CT molecular complexity index is 6170. The predicted molar refractivity (Wildman–Crippen MR) is 522 cm³/mol. The lowest BCUT2D eigenvalue weighted by molar-refractivity contribution is -0.135. The van der Waals surface area contributed by atoms with Crippen molar-refractivity contribution in [3.8, 4) is 51.6 Å². The standard InChI is InChI=1S/C36H43ClN4O6.C35H41ClN6O4.C31H33ClN4O5/c1-26(2)47-33-15-10-27(7-5-6-21-45-22-20-42)23-32(33)41-34(38-31-9-4-3-8-30(31)36(41)44)24-39-16-18-40(19-17-39)35(43)25-46-29-13-11-28(37)12-14-29;1-25(2)46-32-7-5-4-6-31(32)42-33(37-30-13-10-27(22-29(30)35(42)44)40-18-14-38(3)15-19-40)23-39-16-20-41(21-17-39)34(43)24-45-28-11-8-26(36)9-12-28;1-21(2)41-28-6-4-3-5-27(28)36-29(33-26-12-7-22(19-37)17-25(26)31(36)39)18-34-13-15-35(16-14-34)30(38)20-40-24-10-8-23(32)9-11-24/h3-4,8-15,23,26,42H,5-7,16-22,24-25H2,1-2H3;4-13,22,25H,14-21,23-24H2,1-3H3;3-12,17,21,37H,13-16,18-20H2,1-2H3. The summed E-state index contributed by atoms with van der Waals surface area (Å²) in [5.74, 6) is 5.23. The van der Waals surface area contributed by atoms with Crippen LogP contribution in [-0.2, 0) is 51.8 Å². The highest BCUT2D eigenvalue weighted by atomic mass is 35.5. The number of likely N-dealkylation sites (N-methyl/N-ethyl adjacent to an activating group) is 1. The molecule has 0 bridgehead atoms. The van der Waals surface area contributed by atoms with Crippen molar-refractivity contribution in [3.05, 3.63) is 275 Å². The monoisotopic (exact) mass is 1880 g/mol. The number of amides is 3. The number of rotatable bonds is 33. The molecule has 0 saturated carbocycles. The molecule has 4 aliphatic heterocycles. The van der Waals surface area contributed by atoms with Gasteiger partial charge in [0.25, 0.3) is 34.4 Å². The molecule has 134 heavy (non-hydrogen) atoms. The molecule has 12 aromatic rings. The van der Waals surface area contributed by atoms with E-state index in [0.717, 1.165) is 56.7 Å². The minimum Gasteiger partial charge on any atom is -0.489 e. The average molecular weight is 1890 g/mol. The van der Waals surface area contributed by atoms with Gasteiger partial charge in [0.2, 0.25) is 0 Å². The van der Waals surface area contributed by atoms with Crippen LogP contribution >= 0.6 is 34.8 Å². The van der Waals surface area contributed by atoms with Gasteiger partial charge in [-0.2, -0.15) is 0 Å². The van der Waals surface area contributed by atoms with Crippen molar-refractivity contribution in [3.63, 3.8) is 0 Å². The van der Waals surface area contributed by atoms with Crippen LogP contribution in [0.15, 0.2) is 215 Å². The van der Waals surface area contributed by atoms with Gasteiger partial charge >= 0.3 is 0 Å². The Morgan fingerprint density at radius 3 is 1.19 bits per heavy atom. The fraction of sp³-hybridized carbons (Fsp3) is 0.382. The number of aliphatic hydroxyl groups is 2. The molecule has 32 heteroatoms. The van der Waals surface area contributed by atoms with Gasteiger partial charge in [-0.25, -0.2) is 15.0 Å². The maximum absolute atomic E-state index is 14.4. The number of benzene rings is 9. The van der Waals surface area contributed by atoms with E-state index < -0.39 is 0 Å². The van der Waals surface area contributed by atoms with Crippen molar-refractivity contribution >= 4 is 90.9 Å². The molecule has 4 aliphatic rings. The molecule has 4 fully saturated rings. The van der Waals surface area contributed by atoms with Gasteiger partial charge in [0.1, 0.15) is 52.0 Å². The minimum absolute atomic E-state index is 0.0193. The summed E-state index contributed by atoms with van der Waals surface area (Å²) < 4.78 is 45.9. The number of aromatic nitrogens is 6. The summed E-state index contributed by atoms with van der Waals surface area (Å²) in [6, 6.07) is 60.6. The number of carbonyl (C=O) groups is 3. The molecule has 0 spiro atoms. The van der Waals surface area contributed by atoms with Crippen LogP contribution in [0.4, 0.5) is 5.69 Å². The first-order valence-corrected chi connectivity index (χ1v) is 46.8. The number of hydrogen-bond donors (Lipinski definition) is 2. The Morgan fingerprint density at radius 1 is 0.381 bits per heavy atom. The van der Waals surface area contributed by atoms with Crippen LogP contribution in [-0.4, -0.2) is 261 Å². The third-order valence-corrected chi connectivity index (χ3v) is 24.2. The molecule has 706 valence electrons. The number of aliphatic hydroxyl groups excluding tert-OH is 2. The highest BCUT2D eigenvalue weighted by molar-refractivity contribution is 6.31. The Kier molecular flexibility index (Phi) is 34.6. The van der Waals surface area contributed by atoms with Gasteiger partial charge < -0.3 is 67.9 Å². The first kappa shape index (κ1) is 98.0. The SMILES string of the molecule is CC(C)Oc1ccc(CCCCOCCO)cc1-n1c(CN2CCN(C(=O)COc3ccc(Cl)cc3)CC2)nc2ccccc2c1=O.CC(C)Oc1ccccc1-n1c(CN2CCN(C(=O)COc3ccc(Cl)cc3)CC2)nc2ccc(CO)cc2c1=O.CC(C)Oc1ccccc1-n1c(CN2CCN(C(=O)COc3ccc(Cl)cc3)CC2)nc2ccc(N3CCN(C)CC3)cc2c1=O. The number of anilines is 1. The number of ether oxygens (including phenoxy) is 7. The van der Waals surface area contributed by atoms with Crippen LogP contribution in [0, 0.1) is 0 Å². The van der Waals surface area contributed by atoms with Crippen molar-refractivity contribution in [2.24, 2.45) is 0 Å². The fourth-order valence-electron chi connectivity index (χ4n) is 16.4. The predicted octanol–water partition coefficient (Wildman–Crippen LogP) is 13.2. The zero-order valence-corrected chi connectivity index (χ0v) is 79.2. The molecule has 16 rings (SSSR count). The maximum atomic E-state index is 14.4. The summed E-state index contributed by atoms with van der Waals surface area (Å²) in [4.78, 5) is 113. The molecule has 29 nitrogen and oxygen atoms in total. The molecule has 0 radical (unpaired) electrons. The van der Waals surface area contributed by atoms with E-state index in [0.29, 0.717) is 234 Å². The molecule has 0 aliphatic carbocycles. The smallest absolute Gasteiger partial charge is 0.266 e. The summed E-state index contributed by atoms with van der Waals surface area (Å²) in [7, 11) is 2.13. The lowest BCUT2D eigenvalue weighted by atomic mass is 10.1. The van der Waals surface area contributed by atoms with E-state index in [1.165, 1.54) is 0 Å². The van der Waals surface area contributed by atoms with Gasteiger partial charge in [0.15, 0.2) is 19.8 Å². The molecule has 7 heterocycles. The summed E-state index contributed by atoms with van der Waals surface area (Å²) in [6.45, 7) is 24.5. The lowest BCUT2D eigenvalue weighted by Crippen LogP contribution is -2.50. The Balaban J connectivity index is 0.000000162. The number of unbranched alkanes of at least 4 members (excludes halogenated alkanes) is 1. The molecule has 4 saturated heterocycles. The van der Waals surface area contributed by atoms with Crippen molar-refractivity contribution in [2.75, 3.05) is 156 Å². The summed E-state index contributed by atoms with van der Waals surface area (Å²) >= 11 is 17.8. The molecular weight excluding hydrogens is 1770 g/mol. The van der Waals surface area contributed by atoms with E-state index in [2.05, 4.69) is 37.6 Å². The third kappa shape index (κ3) is 26.1. The Morgan fingerprint density at radius 2 is 0.761 bits per heavy atom. The van der Waals surface area contributed by atoms with Gasteiger partial charge in [0, 0.05) is 132 Å².